The van der Waals surface area contributed by atoms with Crippen molar-refractivity contribution in [3.8, 4) is 0 Å². The van der Waals surface area contributed by atoms with Gasteiger partial charge in [-0.05, 0) is 23.8 Å². The highest BCUT2D eigenvalue weighted by Gasteiger charge is 2.23. The van der Waals surface area contributed by atoms with E-state index in [2.05, 4.69) is 27.8 Å². The van der Waals surface area contributed by atoms with Crippen LogP contribution >= 0.6 is 0 Å². The molecule has 1 amide bonds. The van der Waals surface area contributed by atoms with Gasteiger partial charge in [0.2, 0.25) is 5.91 Å². The molecule has 1 N–H and O–H groups in total. The summed E-state index contributed by atoms with van der Waals surface area (Å²) >= 11 is 0. The normalized spacial score (nSPS) is 13.2. The van der Waals surface area contributed by atoms with Gasteiger partial charge in [0.15, 0.2) is 5.82 Å². The molecule has 20 heavy (non-hydrogen) atoms. The van der Waals surface area contributed by atoms with Crippen molar-refractivity contribution < 1.29 is 4.79 Å². The molecule has 6 heteroatoms. The van der Waals surface area contributed by atoms with E-state index in [0.29, 0.717) is 0 Å². The van der Waals surface area contributed by atoms with E-state index in [1.165, 1.54) is 12.8 Å². The molecule has 1 unspecified atom stereocenters. The number of rotatable bonds is 7. The van der Waals surface area contributed by atoms with Gasteiger partial charge in [-0.15, -0.1) is 5.10 Å². The van der Waals surface area contributed by atoms with Crippen molar-refractivity contribution in [2.24, 2.45) is 0 Å². The predicted molar refractivity (Wildman–Crippen MR) is 78.3 cm³/mol. The molecule has 0 bridgehead atoms. The maximum atomic E-state index is 12.0. The molecule has 0 aromatic carbocycles. The molecular formula is C14H27N5O. The third-order valence-electron chi connectivity index (χ3n) is 3.14. The molecule has 0 fully saturated rings. The maximum absolute atomic E-state index is 12.0. The molecular weight excluding hydrogens is 254 g/mol. The number of nitrogens with one attached hydrogen (secondary N) is 1. The Hall–Kier alpha value is -1.46. The number of aromatic nitrogens is 4. The molecule has 1 aromatic heterocycles. The Bertz CT molecular complexity index is 421. The molecule has 0 aliphatic carbocycles. The number of carbonyl (C=O) groups is 1. The van der Waals surface area contributed by atoms with Crippen molar-refractivity contribution >= 4 is 5.91 Å². The van der Waals surface area contributed by atoms with Crippen LogP contribution in [0.4, 0.5) is 0 Å². The van der Waals surface area contributed by atoms with Crippen LogP contribution in [0.1, 0.15) is 66.1 Å². The molecule has 0 saturated carbocycles. The van der Waals surface area contributed by atoms with Gasteiger partial charge in [-0.25, -0.2) is 4.68 Å². The van der Waals surface area contributed by atoms with Crippen LogP contribution in [0.3, 0.4) is 0 Å². The van der Waals surface area contributed by atoms with Gasteiger partial charge in [0.05, 0.1) is 0 Å². The van der Waals surface area contributed by atoms with Crippen LogP contribution < -0.4 is 5.32 Å². The highest BCUT2D eigenvalue weighted by molar-refractivity contribution is 5.75. The second kappa shape index (κ2) is 7.36. The Morgan fingerprint density at radius 3 is 2.65 bits per heavy atom. The zero-order valence-corrected chi connectivity index (χ0v) is 13.3. The summed E-state index contributed by atoms with van der Waals surface area (Å²) in [5.41, 5.74) is -0.170. The first-order chi connectivity index (χ1) is 9.34. The van der Waals surface area contributed by atoms with Gasteiger partial charge in [-0.2, -0.15) is 0 Å². The Morgan fingerprint density at radius 2 is 2.05 bits per heavy atom. The van der Waals surface area contributed by atoms with E-state index < -0.39 is 0 Å². The summed E-state index contributed by atoms with van der Waals surface area (Å²) in [5.74, 6) is 0.693. The van der Waals surface area contributed by atoms with Crippen LogP contribution in [-0.2, 0) is 16.8 Å². The van der Waals surface area contributed by atoms with E-state index in [-0.39, 0.29) is 23.9 Å². The monoisotopic (exact) mass is 281 g/mol. The highest BCUT2D eigenvalue weighted by Crippen LogP contribution is 2.18. The Labute approximate surface area is 121 Å². The Balaban J connectivity index is 2.49. The molecule has 1 heterocycles. The fourth-order valence-corrected chi connectivity index (χ4v) is 2.08. The third-order valence-corrected chi connectivity index (χ3v) is 3.14. The van der Waals surface area contributed by atoms with Crippen LogP contribution in [0.25, 0.3) is 0 Å². The minimum atomic E-state index is -0.170. The van der Waals surface area contributed by atoms with E-state index in [1.807, 2.05) is 27.7 Å². The Kier molecular flexibility index (Phi) is 6.10. The van der Waals surface area contributed by atoms with Gasteiger partial charge in [0, 0.05) is 11.5 Å². The standard InChI is InChI=1S/C14H27N5O/c1-6-7-8-9-11(2)15-12(20)10-19-13(14(3,4)5)16-17-18-19/h11H,6-10H2,1-5H3,(H,15,20). The van der Waals surface area contributed by atoms with Crippen molar-refractivity contribution in [1.29, 1.82) is 0 Å². The van der Waals surface area contributed by atoms with E-state index >= 15 is 0 Å². The average molecular weight is 281 g/mol. The zero-order chi connectivity index (χ0) is 15.2. The molecule has 0 radical (unpaired) electrons. The molecule has 1 rings (SSSR count). The first-order valence-corrected chi connectivity index (χ1v) is 7.40. The molecule has 6 nitrogen and oxygen atoms in total. The quantitative estimate of drug-likeness (QED) is 0.776. The van der Waals surface area contributed by atoms with Crippen molar-refractivity contribution in [1.82, 2.24) is 25.5 Å². The Morgan fingerprint density at radius 1 is 1.35 bits per heavy atom. The van der Waals surface area contributed by atoms with Gasteiger partial charge in [-0.3, -0.25) is 4.79 Å². The molecule has 1 atom stereocenters. The topological polar surface area (TPSA) is 72.7 Å². The SMILES string of the molecule is CCCCCC(C)NC(=O)Cn1nnnc1C(C)(C)C. The van der Waals surface area contributed by atoms with E-state index in [9.17, 15) is 4.79 Å². The number of amides is 1. The van der Waals surface area contributed by atoms with Crippen molar-refractivity contribution in [2.75, 3.05) is 0 Å². The van der Waals surface area contributed by atoms with E-state index in [4.69, 9.17) is 0 Å². The van der Waals surface area contributed by atoms with Gasteiger partial charge in [0.1, 0.15) is 6.54 Å². The smallest absolute Gasteiger partial charge is 0.242 e. The van der Waals surface area contributed by atoms with Crippen LogP contribution in [0, 0.1) is 0 Å². The highest BCUT2D eigenvalue weighted by atomic mass is 16.2. The predicted octanol–water partition coefficient (Wildman–Crippen LogP) is 2.06. The summed E-state index contributed by atoms with van der Waals surface area (Å²) in [6, 6.07) is 0.198. The van der Waals surface area contributed by atoms with Crippen molar-refractivity contribution in [2.45, 2.75) is 78.3 Å². The lowest BCUT2D eigenvalue weighted by atomic mass is 9.96. The van der Waals surface area contributed by atoms with E-state index in [0.717, 1.165) is 18.7 Å². The van der Waals surface area contributed by atoms with Crippen LogP contribution in [0.15, 0.2) is 0 Å². The number of hydrogen-bond donors (Lipinski definition) is 1. The number of hydrogen-bond acceptors (Lipinski definition) is 4. The number of nitrogens with zero attached hydrogens (tertiary/aromatic N) is 4. The lowest BCUT2D eigenvalue weighted by Gasteiger charge is -2.18. The second-order valence-electron chi connectivity index (χ2n) is 6.37. The van der Waals surface area contributed by atoms with Crippen molar-refractivity contribution in [3.63, 3.8) is 0 Å². The minimum Gasteiger partial charge on any atom is -0.352 e. The number of carbonyl (C=O) groups excluding carboxylic acids is 1. The number of unbranched alkanes of at least 4 members (excludes halogenated alkanes) is 2. The lowest BCUT2D eigenvalue weighted by molar-refractivity contribution is -0.122. The van der Waals surface area contributed by atoms with Gasteiger partial charge in [-0.1, -0.05) is 47.0 Å². The summed E-state index contributed by atoms with van der Waals surface area (Å²) in [5, 5.41) is 14.6. The minimum absolute atomic E-state index is 0.0354. The first-order valence-electron chi connectivity index (χ1n) is 7.40. The summed E-state index contributed by atoms with van der Waals surface area (Å²) in [6.45, 7) is 10.5. The maximum Gasteiger partial charge on any atom is 0.242 e. The summed E-state index contributed by atoms with van der Waals surface area (Å²) < 4.78 is 1.58. The molecule has 114 valence electrons. The first kappa shape index (κ1) is 16.6. The second-order valence-corrected chi connectivity index (χ2v) is 6.37. The molecule has 1 aromatic rings. The molecule has 0 spiro atoms. The summed E-state index contributed by atoms with van der Waals surface area (Å²) in [7, 11) is 0. The van der Waals surface area contributed by atoms with Gasteiger partial charge < -0.3 is 5.32 Å². The van der Waals surface area contributed by atoms with Crippen LogP contribution in [0.2, 0.25) is 0 Å². The summed E-state index contributed by atoms with van der Waals surface area (Å²) in [6.07, 6.45) is 4.57. The van der Waals surface area contributed by atoms with E-state index in [1.54, 1.807) is 4.68 Å². The fraction of sp³-hybridized carbons (Fsp3) is 0.857. The largest absolute Gasteiger partial charge is 0.352 e. The molecule has 0 saturated heterocycles. The van der Waals surface area contributed by atoms with Gasteiger partial charge >= 0.3 is 0 Å². The fourth-order valence-electron chi connectivity index (χ4n) is 2.08. The van der Waals surface area contributed by atoms with Crippen molar-refractivity contribution in [3.05, 3.63) is 5.82 Å². The molecule has 0 aliphatic rings. The zero-order valence-electron chi connectivity index (χ0n) is 13.3. The van der Waals surface area contributed by atoms with Crippen LogP contribution in [-0.4, -0.2) is 32.2 Å². The third kappa shape index (κ3) is 5.27. The average Bonchev–Trinajstić information content (AvgIpc) is 2.76. The molecule has 0 aliphatic heterocycles. The van der Waals surface area contributed by atoms with Crippen LogP contribution in [0.5, 0.6) is 0 Å². The number of tetrazole rings is 1. The lowest BCUT2D eigenvalue weighted by Crippen LogP contribution is -2.36. The van der Waals surface area contributed by atoms with Gasteiger partial charge in [0.25, 0.3) is 0 Å². The summed E-state index contributed by atoms with van der Waals surface area (Å²) in [4.78, 5) is 12.0.